The van der Waals surface area contributed by atoms with Crippen LogP contribution in [0.25, 0.3) is 0 Å². The summed E-state index contributed by atoms with van der Waals surface area (Å²) in [6, 6.07) is 11.4. The van der Waals surface area contributed by atoms with Crippen molar-refractivity contribution in [2.75, 3.05) is 12.3 Å². The van der Waals surface area contributed by atoms with Crippen molar-refractivity contribution in [3.63, 3.8) is 0 Å². The van der Waals surface area contributed by atoms with E-state index >= 15 is 0 Å². The maximum Gasteiger partial charge on any atom is 0.326 e. The number of carbonyl (C=O) groups excluding carboxylic acids is 3. The van der Waals surface area contributed by atoms with Crippen molar-refractivity contribution in [2.24, 2.45) is 5.73 Å². The highest BCUT2D eigenvalue weighted by Crippen LogP contribution is 2.12. The number of amides is 3. The van der Waals surface area contributed by atoms with Gasteiger partial charge in [-0.3, -0.25) is 14.4 Å². The van der Waals surface area contributed by atoms with E-state index in [0.29, 0.717) is 11.1 Å². The summed E-state index contributed by atoms with van der Waals surface area (Å²) >= 11 is 4.07. The molecule has 2 aromatic carbocycles. The molecule has 0 saturated carbocycles. The first-order chi connectivity index (χ1) is 16.2. The molecule has 11 heteroatoms. The second-order valence-corrected chi connectivity index (χ2v) is 7.89. The average Bonchev–Trinajstić information content (AvgIpc) is 2.83. The number of hydrogen-bond donors (Lipinski definition) is 7. The molecule has 2 aromatic rings. The van der Waals surface area contributed by atoms with Gasteiger partial charge in [0.2, 0.25) is 17.7 Å². The van der Waals surface area contributed by atoms with Crippen LogP contribution in [0.1, 0.15) is 11.1 Å². The van der Waals surface area contributed by atoms with Crippen LogP contribution in [0, 0.1) is 0 Å². The van der Waals surface area contributed by atoms with Gasteiger partial charge in [0.1, 0.15) is 23.9 Å². The van der Waals surface area contributed by atoms with Crippen molar-refractivity contribution >= 4 is 36.3 Å². The number of benzene rings is 2. The molecule has 0 aliphatic carbocycles. The SMILES string of the molecule is NCC(=O)NC(CS)C(=O)NC(Cc1ccc(O)cc1)C(=O)NC(Cc1ccccc1)C(=O)O. The van der Waals surface area contributed by atoms with E-state index in [1.807, 2.05) is 0 Å². The Hall–Kier alpha value is -3.57. The van der Waals surface area contributed by atoms with Crippen molar-refractivity contribution < 1.29 is 29.4 Å². The number of phenols is 1. The van der Waals surface area contributed by atoms with Gasteiger partial charge in [-0.1, -0.05) is 42.5 Å². The van der Waals surface area contributed by atoms with Crippen molar-refractivity contribution in [2.45, 2.75) is 31.0 Å². The first-order valence-electron chi connectivity index (χ1n) is 10.5. The topological polar surface area (TPSA) is 171 Å². The van der Waals surface area contributed by atoms with Gasteiger partial charge in [0.05, 0.1) is 6.54 Å². The molecule has 0 spiro atoms. The lowest BCUT2D eigenvalue weighted by atomic mass is 10.0. The van der Waals surface area contributed by atoms with Crippen LogP contribution in [-0.2, 0) is 32.0 Å². The van der Waals surface area contributed by atoms with E-state index in [4.69, 9.17) is 5.73 Å². The van der Waals surface area contributed by atoms with Gasteiger partial charge >= 0.3 is 5.97 Å². The summed E-state index contributed by atoms with van der Waals surface area (Å²) in [6.07, 6.45) is 0.0628. The lowest BCUT2D eigenvalue weighted by Crippen LogP contribution is -2.57. The van der Waals surface area contributed by atoms with Crippen molar-refractivity contribution in [1.82, 2.24) is 16.0 Å². The van der Waals surface area contributed by atoms with Crippen LogP contribution in [0.2, 0.25) is 0 Å². The zero-order valence-electron chi connectivity index (χ0n) is 18.3. The average molecular weight is 489 g/mol. The molecule has 2 rings (SSSR count). The quantitative estimate of drug-likeness (QED) is 0.199. The van der Waals surface area contributed by atoms with E-state index in [0.717, 1.165) is 0 Å². The third kappa shape index (κ3) is 8.41. The van der Waals surface area contributed by atoms with Gasteiger partial charge in [-0.2, -0.15) is 12.6 Å². The van der Waals surface area contributed by atoms with Gasteiger partial charge in [-0.25, -0.2) is 4.79 Å². The van der Waals surface area contributed by atoms with Gasteiger partial charge < -0.3 is 31.9 Å². The number of aliphatic carboxylic acids is 1. The molecule has 3 unspecified atom stereocenters. The lowest BCUT2D eigenvalue weighted by Gasteiger charge is -2.24. The molecule has 0 fully saturated rings. The van der Waals surface area contributed by atoms with Crippen LogP contribution in [-0.4, -0.2) is 64.3 Å². The highest BCUT2D eigenvalue weighted by molar-refractivity contribution is 7.80. The van der Waals surface area contributed by atoms with Crippen LogP contribution in [0.15, 0.2) is 54.6 Å². The molecule has 34 heavy (non-hydrogen) atoms. The highest BCUT2D eigenvalue weighted by Gasteiger charge is 2.29. The molecular formula is C23H28N4O6S. The Morgan fingerprint density at radius 1 is 0.794 bits per heavy atom. The lowest BCUT2D eigenvalue weighted by molar-refractivity contribution is -0.142. The molecule has 0 saturated heterocycles. The van der Waals surface area contributed by atoms with Gasteiger partial charge in [0.25, 0.3) is 0 Å². The first kappa shape index (κ1) is 26.7. The monoisotopic (exact) mass is 488 g/mol. The molecule has 0 aromatic heterocycles. The number of thiol groups is 1. The molecule has 0 aliphatic rings. The Balaban J connectivity index is 2.21. The number of carboxylic acids is 1. The number of aromatic hydroxyl groups is 1. The molecular weight excluding hydrogens is 460 g/mol. The normalized spacial score (nSPS) is 13.2. The fourth-order valence-corrected chi connectivity index (χ4v) is 3.38. The van der Waals surface area contributed by atoms with Crippen molar-refractivity contribution in [1.29, 1.82) is 0 Å². The largest absolute Gasteiger partial charge is 0.508 e. The summed E-state index contributed by atoms with van der Waals surface area (Å²) in [5.74, 6) is -3.20. The van der Waals surface area contributed by atoms with Crippen LogP contribution in [0.3, 0.4) is 0 Å². The van der Waals surface area contributed by atoms with Gasteiger partial charge in [0.15, 0.2) is 0 Å². The number of nitrogens with two attached hydrogens (primary N) is 1. The Bertz CT molecular complexity index is 987. The van der Waals surface area contributed by atoms with E-state index < -0.39 is 41.8 Å². The Morgan fingerprint density at radius 3 is 1.88 bits per heavy atom. The van der Waals surface area contributed by atoms with Crippen LogP contribution in [0.4, 0.5) is 0 Å². The molecule has 10 nitrogen and oxygen atoms in total. The van der Waals surface area contributed by atoms with Gasteiger partial charge in [0, 0.05) is 18.6 Å². The molecule has 182 valence electrons. The molecule has 0 bridgehead atoms. The number of nitrogens with one attached hydrogen (secondary N) is 3. The van der Waals surface area contributed by atoms with Crippen LogP contribution < -0.4 is 21.7 Å². The first-order valence-corrected chi connectivity index (χ1v) is 11.1. The minimum Gasteiger partial charge on any atom is -0.508 e. The summed E-state index contributed by atoms with van der Waals surface area (Å²) in [5.41, 5.74) is 6.61. The summed E-state index contributed by atoms with van der Waals surface area (Å²) < 4.78 is 0. The van der Waals surface area contributed by atoms with E-state index in [9.17, 15) is 29.4 Å². The summed E-state index contributed by atoms with van der Waals surface area (Å²) in [7, 11) is 0. The number of carbonyl (C=O) groups is 4. The zero-order chi connectivity index (χ0) is 25.1. The fraction of sp³-hybridized carbons (Fsp3) is 0.304. The Labute approximate surface area is 202 Å². The molecule has 0 heterocycles. The molecule has 3 amide bonds. The fourth-order valence-electron chi connectivity index (χ4n) is 3.12. The maximum absolute atomic E-state index is 13.1. The Kier molecular flexibility index (Phi) is 10.4. The predicted molar refractivity (Wildman–Crippen MR) is 128 cm³/mol. The van der Waals surface area contributed by atoms with Crippen molar-refractivity contribution in [3.8, 4) is 5.75 Å². The second-order valence-electron chi connectivity index (χ2n) is 7.53. The second kappa shape index (κ2) is 13.2. The number of carboxylic acid groups (broad SMARTS) is 1. The molecule has 0 radical (unpaired) electrons. The number of rotatable bonds is 12. The standard InChI is InChI=1S/C23H28N4O6S/c24-12-20(29)25-19(13-34)22(31)26-17(10-15-6-8-16(28)9-7-15)21(30)27-18(23(32)33)11-14-4-2-1-3-5-14/h1-9,17-19,28,34H,10-13,24H2,(H,25,29)(H,26,31)(H,27,30)(H,32,33). The van der Waals surface area contributed by atoms with E-state index in [2.05, 4.69) is 28.6 Å². The zero-order valence-corrected chi connectivity index (χ0v) is 19.2. The van der Waals surface area contributed by atoms with Crippen LogP contribution >= 0.6 is 12.6 Å². The van der Waals surface area contributed by atoms with Crippen LogP contribution in [0.5, 0.6) is 5.75 Å². The summed E-state index contributed by atoms with van der Waals surface area (Å²) in [6.45, 7) is -0.325. The van der Waals surface area contributed by atoms with E-state index in [-0.39, 0.29) is 30.9 Å². The predicted octanol–water partition coefficient (Wildman–Crippen LogP) is -0.395. The number of phenolic OH excluding ortho intramolecular Hbond substituents is 1. The molecule has 3 atom stereocenters. The minimum atomic E-state index is -1.23. The highest BCUT2D eigenvalue weighted by atomic mass is 32.1. The van der Waals surface area contributed by atoms with E-state index in [1.54, 1.807) is 42.5 Å². The third-order valence-electron chi connectivity index (χ3n) is 4.93. The summed E-state index contributed by atoms with van der Waals surface area (Å²) in [5, 5.41) is 26.6. The summed E-state index contributed by atoms with van der Waals surface area (Å²) in [4.78, 5) is 49.2. The smallest absolute Gasteiger partial charge is 0.326 e. The van der Waals surface area contributed by atoms with Gasteiger partial charge in [-0.15, -0.1) is 0 Å². The van der Waals surface area contributed by atoms with Crippen molar-refractivity contribution in [3.05, 3.63) is 65.7 Å². The number of hydrogen-bond acceptors (Lipinski definition) is 7. The van der Waals surface area contributed by atoms with Gasteiger partial charge in [-0.05, 0) is 23.3 Å². The Morgan fingerprint density at radius 2 is 1.32 bits per heavy atom. The molecule has 7 N–H and O–H groups in total. The van der Waals surface area contributed by atoms with E-state index in [1.165, 1.54) is 12.1 Å². The minimum absolute atomic E-state index is 0.0135. The molecule has 0 aliphatic heterocycles. The third-order valence-corrected chi connectivity index (χ3v) is 5.29. The maximum atomic E-state index is 13.1.